The van der Waals surface area contributed by atoms with E-state index >= 15 is 0 Å². The molecule has 5 nitrogen and oxygen atoms in total. The summed E-state index contributed by atoms with van der Waals surface area (Å²) in [6.45, 7) is 2.01. The van der Waals surface area contributed by atoms with Crippen LogP contribution in [0, 0.1) is 0 Å². The molecule has 0 unspecified atom stereocenters. The third-order valence-corrected chi connectivity index (χ3v) is 5.05. The smallest absolute Gasteiger partial charge is 0.262 e. The summed E-state index contributed by atoms with van der Waals surface area (Å²) in [6, 6.07) is 15.0. The first-order valence-electron chi connectivity index (χ1n) is 10.1. The molecule has 0 atom stereocenters. The summed E-state index contributed by atoms with van der Waals surface area (Å²) >= 11 is 0. The minimum absolute atomic E-state index is 0.0794. The van der Waals surface area contributed by atoms with Crippen LogP contribution in [0.4, 0.5) is 5.69 Å². The second kappa shape index (κ2) is 9.93. The van der Waals surface area contributed by atoms with Crippen molar-refractivity contribution in [1.82, 2.24) is 5.32 Å². The van der Waals surface area contributed by atoms with Crippen LogP contribution >= 0.6 is 0 Å². The number of carbonyl (C=O) groups excluding carboxylic acids is 2. The minimum atomic E-state index is -0.260. The van der Waals surface area contributed by atoms with Crippen LogP contribution in [0.5, 0.6) is 5.75 Å². The second-order valence-electron chi connectivity index (χ2n) is 7.22. The molecule has 1 aliphatic rings. The SMILES string of the molecule is CCc1ccc(OCC(=O)Nc2cccc(C(=O)NC3CCCCC3)c2)cc1. The lowest BCUT2D eigenvalue weighted by Crippen LogP contribution is -2.36. The van der Waals surface area contributed by atoms with Crippen molar-refractivity contribution in [2.45, 2.75) is 51.5 Å². The van der Waals surface area contributed by atoms with Gasteiger partial charge in [-0.15, -0.1) is 0 Å². The third-order valence-electron chi connectivity index (χ3n) is 5.05. The number of hydrogen-bond donors (Lipinski definition) is 2. The normalized spacial score (nSPS) is 14.3. The highest BCUT2D eigenvalue weighted by Gasteiger charge is 2.17. The Bertz CT molecular complexity index is 796. The van der Waals surface area contributed by atoms with E-state index in [1.54, 1.807) is 24.3 Å². The van der Waals surface area contributed by atoms with Gasteiger partial charge >= 0.3 is 0 Å². The molecule has 2 aromatic carbocycles. The van der Waals surface area contributed by atoms with Gasteiger partial charge < -0.3 is 15.4 Å². The van der Waals surface area contributed by atoms with Crippen LogP contribution in [0.25, 0.3) is 0 Å². The van der Waals surface area contributed by atoms with Gasteiger partial charge in [-0.05, 0) is 55.2 Å². The third kappa shape index (κ3) is 5.84. The minimum Gasteiger partial charge on any atom is -0.484 e. The molecule has 5 heteroatoms. The molecule has 2 amide bonds. The Morgan fingerprint density at radius 1 is 1.04 bits per heavy atom. The highest BCUT2D eigenvalue weighted by molar-refractivity contribution is 5.97. The lowest BCUT2D eigenvalue weighted by molar-refractivity contribution is -0.118. The van der Waals surface area contributed by atoms with Gasteiger partial charge in [0.2, 0.25) is 0 Å². The number of nitrogens with one attached hydrogen (secondary N) is 2. The molecule has 0 saturated heterocycles. The van der Waals surface area contributed by atoms with Gasteiger partial charge in [-0.3, -0.25) is 9.59 Å². The Hall–Kier alpha value is -2.82. The molecule has 3 rings (SSSR count). The summed E-state index contributed by atoms with van der Waals surface area (Å²) in [6.07, 6.45) is 6.63. The number of ether oxygens (including phenoxy) is 1. The average molecular weight is 380 g/mol. The highest BCUT2D eigenvalue weighted by atomic mass is 16.5. The van der Waals surface area contributed by atoms with E-state index in [9.17, 15) is 9.59 Å². The first-order chi connectivity index (χ1) is 13.6. The zero-order chi connectivity index (χ0) is 19.8. The molecular weight excluding hydrogens is 352 g/mol. The fourth-order valence-electron chi connectivity index (χ4n) is 3.42. The van der Waals surface area contributed by atoms with Crippen LogP contribution in [0.1, 0.15) is 54.9 Å². The first-order valence-corrected chi connectivity index (χ1v) is 10.1. The molecule has 148 valence electrons. The zero-order valence-electron chi connectivity index (χ0n) is 16.4. The maximum atomic E-state index is 12.5. The molecule has 0 aliphatic heterocycles. The average Bonchev–Trinajstić information content (AvgIpc) is 2.73. The Morgan fingerprint density at radius 3 is 2.50 bits per heavy atom. The van der Waals surface area contributed by atoms with Crippen molar-refractivity contribution in [3.05, 3.63) is 59.7 Å². The summed E-state index contributed by atoms with van der Waals surface area (Å²) in [5.41, 5.74) is 2.37. The van der Waals surface area contributed by atoms with Gasteiger partial charge in [0.05, 0.1) is 0 Å². The van der Waals surface area contributed by atoms with Crippen LogP contribution in [0.3, 0.4) is 0 Å². The number of benzene rings is 2. The van der Waals surface area contributed by atoms with E-state index in [2.05, 4.69) is 17.6 Å². The quantitative estimate of drug-likeness (QED) is 0.751. The second-order valence-corrected chi connectivity index (χ2v) is 7.22. The van der Waals surface area contributed by atoms with Crippen molar-refractivity contribution >= 4 is 17.5 Å². The predicted octanol–water partition coefficient (Wildman–Crippen LogP) is 4.33. The van der Waals surface area contributed by atoms with Crippen molar-refractivity contribution in [1.29, 1.82) is 0 Å². The molecule has 1 saturated carbocycles. The van der Waals surface area contributed by atoms with Gasteiger partial charge in [-0.2, -0.15) is 0 Å². The lowest BCUT2D eigenvalue weighted by Gasteiger charge is -2.22. The van der Waals surface area contributed by atoms with Crippen LogP contribution in [0.2, 0.25) is 0 Å². The molecule has 0 heterocycles. The van der Waals surface area contributed by atoms with Crippen LogP contribution in [-0.2, 0) is 11.2 Å². The van der Waals surface area contributed by atoms with Gasteiger partial charge in [0, 0.05) is 17.3 Å². The number of hydrogen-bond acceptors (Lipinski definition) is 3. The summed E-state index contributed by atoms with van der Waals surface area (Å²) in [4.78, 5) is 24.6. The van der Waals surface area contributed by atoms with E-state index < -0.39 is 0 Å². The van der Waals surface area contributed by atoms with E-state index in [4.69, 9.17) is 4.74 Å². The molecule has 2 aromatic rings. The van der Waals surface area contributed by atoms with Gasteiger partial charge in [0.1, 0.15) is 5.75 Å². The molecule has 0 spiro atoms. The van der Waals surface area contributed by atoms with Crippen LogP contribution in [-0.4, -0.2) is 24.5 Å². The fraction of sp³-hybridized carbons (Fsp3) is 0.391. The molecule has 2 N–H and O–H groups in total. The number of anilines is 1. The molecule has 28 heavy (non-hydrogen) atoms. The van der Waals surface area contributed by atoms with Gasteiger partial charge in [0.15, 0.2) is 6.61 Å². The Balaban J connectivity index is 1.51. The highest BCUT2D eigenvalue weighted by Crippen LogP contribution is 2.18. The van der Waals surface area contributed by atoms with E-state index in [1.807, 2.05) is 24.3 Å². The molecule has 0 bridgehead atoms. The zero-order valence-corrected chi connectivity index (χ0v) is 16.4. The van der Waals surface area contributed by atoms with Gasteiger partial charge in [0.25, 0.3) is 11.8 Å². The first kappa shape index (κ1) is 19.9. The number of amides is 2. The summed E-state index contributed by atoms with van der Waals surface area (Å²) in [5.74, 6) is 0.313. The maximum absolute atomic E-state index is 12.5. The number of carbonyl (C=O) groups is 2. The van der Waals surface area contributed by atoms with E-state index in [0.29, 0.717) is 17.0 Å². The predicted molar refractivity (Wildman–Crippen MR) is 111 cm³/mol. The van der Waals surface area contributed by atoms with Crippen LogP contribution < -0.4 is 15.4 Å². The van der Waals surface area contributed by atoms with Crippen molar-refractivity contribution < 1.29 is 14.3 Å². The van der Waals surface area contributed by atoms with Crippen LogP contribution in [0.15, 0.2) is 48.5 Å². The fourth-order valence-corrected chi connectivity index (χ4v) is 3.42. The van der Waals surface area contributed by atoms with Crippen molar-refractivity contribution in [2.24, 2.45) is 0 Å². The number of rotatable bonds is 7. The Kier molecular flexibility index (Phi) is 7.06. The monoisotopic (exact) mass is 380 g/mol. The van der Waals surface area contributed by atoms with Crippen molar-refractivity contribution in [2.75, 3.05) is 11.9 Å². The van der Waals surface area contributed by atoms with Crippen molar-refractivity contribution in [3.63, 3.8) is 0 Å². The van der Waals surface area contributed by atoms with Gasteiger partial charge in [-0.25, -0.2) is 0 Å². The van der Waals surface area contributed by atoms with E-state index in [0.717, 1.165) is 19.3 Å². The summed E-state index contributed by atoms with van der Waals surface area (Å²) in [7, 11) is 0. The number of aryl methyl sites for hydroxylation is 1. The molecule has 0 aromatic heterocycles. The Morgan fingerprint density at radius 2 is 1.79 bits per heavy atom. The standard InChI is InChI=1S/C23H28N2O3/c1-2-17-11-13-21(14-12-17)28-16-22(26)24-20-10-6-7-18(15-20)23(27)25-19-8-4-3-5-9-19/h6-7,10-15,19H,2-5,8-9,16H2,1H3,(H,24,26)(H,25,27). The molecule has 0 radical (unpaired) electrons. The largest absolute Gasteiger partial charge is 0.484 e. The lowest BCUT2D eigenvalue weighted by atomic mass is 9.95. The summed E-state index contributed by atoms with van der Waals surface area (Å²) in [5, 5.41) is 5.89. The van der Waals surface area contributed by atoms with Gasteiger partial charge in [-0.1, -0.05) is 44.4 Å². The molecule has 1 aliphatic carbocycles. The van der Waals surface area contributed by atoms with E-state index in [-0.39, 0.29) is 24.5 Å². The maximum Gasteiger partial charge on any atom is 0.262 e. The summed E-state index contributed by atoms with van der Waals surface area (Å²) < 4.78 is 5.53. The van der Waals surface area contributed by atoms with Crippen molar-refractivity contribution in [3.8, 4) is 5.75 Å². The molecular formula is C23H28N2O3. The van der Waals surface area contributed by atoms with E-state index in [1.165, 1.54) is 24.8 Å². The molecule has 1 fully saturated rings. The topological polar surface area (TPSA) is 67.4 Å². The Labute approximate surface area is 166 Å².